The van der Waals surface area contributed by atoms with Crippen molar-refractivity contribution in [2.24, 2.45) is 0 Å². The SMILES string of the molecule is O=C(c1ccc2cc[nH]c2c1)N1CCC(NS(=O)(=O)c2ccccc2)CC1. The Bertz CT molecular complexity index is 1050. The molecule has 2 aromatic carbocycles. The molecule has 1 aliphatic heterocycles. The van der Waals surface area contributed by atoms with Gasteiger partial charge in [-0.05, 0) is 48.6 Å². The maximum Gasteiger partial charge on any atom is 0.253 e. The fourth-order valence-electron chi connectivity index (χ4n) is 3.45. The van der Waals surface area contributed by atoms with Crippen molar-refractivity contribution in [2.45, 2.75) is 23.8 Å². The zero-order valence-corrected chi connectivity index (χ0v) is 15.6. The Morgan fingerprint density at radius 1 is 1.04 bits per heavy atom. The number of sulfonamides is 1. The van der Waals surface area contributed by atoms with Crippen LogP contribution in [0.15, 0.2) is 65.7 Å². The molecular weight excluding hydrogens is 362 g/mol. The van der Waals surface area contributed by atoms with Gasteiger partial charge >= 0.3 is 0 Å². The number of amides is 1. The predicted octanol–water partition coefficient (Wildman–Crippen LogP) is 2.75. The van der Waals surface area contributed by atoms with Crippen molar-refractivity contribution in [3.63, 3.8) is 0 Å². The van der Waals surface area contributed by atoms with Crippen LogP contribution in [0.4, 0.5) is 0 Å². The van der Waals surface area contributed by atoms with Gasteiger partial charge in [-0.3, -0.25) is 4.79 Å². The molecule has 1 fully saturated rings. The number of carbonyl (C=O) groups excluding carboxylic acids is 1. The van der Waals surface area contributed by atoms with E-state index in [0.717, 1.165) is 10.9 Å². The lowest BCUT2D eigenvalue weighted by Gasteiger charge is -2.32. The van der Waals surface area contributed by atoms with Gasteiger partial charge in [-0.1, -0.05) is 24.3 Å². The molecule has 1 aromatic heterocycles. The van der Waals surface area contributed by atoms with Crippen molar-refractivity contribution in [1.29, 1.82) is 0 Å². The molecule has 0 spiro atoms. The Morgan fingerprint density at radius 3 is 2.52 bits per heavy atom. The number of fused-ring (bicyclic) bond motifs is 1. The van der Waals surface area contributed by atoms with Crippen molar-refractivity contribution in [3.8, 4) is 0 Å². The normalized spacial score (nSPS) is 15.9. The zero-order valence-electron chi connectivity index (χ0n) is 14.8. The first kappa shape index (κ1) is 17.8. The molecule has 27 heavy (non-hydrogen) atoms. The van der Waals surface area contributed by atoms with Crippen LogP contribution in [0.3, 0.4) is 0 Å². The minimum Gasteiger partial charge on any atom is -0.361 e. The average Bonchev–Trinajstić information content (AvgIpc) is 3.16. The second kappa shape index (κ2) is 7.17. The molecule has 0 bridgehead atoms. The molecule has 140 valence electrons. The Kier molecular flexibility index (Phi) is 4.72. The summed E-state index contributed by atoms with van der Waals surface area (Å²) in [5.41, 5.74) is 1.58. The minimum absolute atomic E-state index is 0.0177. The highest BCUT2D eigenvalue weighted by Crippen LogP contribution is 2.19. The van der Waals surface area contributed by atoms with Gasteiger partial charge in [0.2, 0.25) is 10.0 Å². The second-order valence-corrected chi connectivity index (χ2v) is 8.49. The number of nitrogens with zero attached hydrogens (tertiary/aromatic N) is 1. The first-order valence-electron chi connectivity index (χ1n) is 8.97. The number of likely N-dealkylation sites (tertiary alicyclic amines) is 1. The first-order valence-corrected chi connectivity index (χ1v) is 10.4. The van der Waals surface area contributed by atoms with Crippen LogP contribution in [0.25, 0.3) is 10.9 Å². The molecule has 3 aromatic rings. The summed E-state index contributed by atoms with van der Waals surface area (Å²) in [4.78, 5) is 17.9. The molecule has 0 saturated carbocycles. The van der Waals surface area contributed by atoms with Gasteiger partial charge in [0, 0.05) is 36.4 Å². The fourth-order valence-corrected chi connectivity index (χ4v) is 4.78. The third-order valence-electron chi connectivity index (χ3n) is 4.96. The van der Waals surface area contributed by atoms with E-state index >= 15 is 0 Å². The monoisotopic (exact) mass is 383 g/mol. The van der Waals surface area contributed by atoms with Crippen LogP contribution < -0.4 is 4.72 Å². The van der Waals surface area contributed by atoms with Crippen LogP contribution >= 0.6 is 0 Å². The highest BCUT2D eigenvalue weighted by atomic mass is 32.2. The zero-order chi connectivity index (χ0) is 18.9. The topological polar surface area (TPSA) is 82.3 Å². The van der Waals surface area contributed by atoms with E-state index in [-0.39, 0.29) is 16.8 Å². The summed E-state index contributed by atoms with van der Waals surface area (Å²) in [6.45, 7) is 1.06. The average molecular weight is 383 g/mol. The summed E-state index contributed by atoms with van der Waals surface area (Å²) in [6, 6.07) is 15.8. The number of hydrogen-bond donors (Lipinski definition) is 2. The summed E-state index contributed by atoms with van der Waals surface area (Å²) < 4.78 is 27.6. The largest absolute Gasteiger partial charge is 0.361 e. The van der Waals surface area contributed by atoms with Crippen molar-refractivity contribution >= 4 is 26.8 Å². The summed E-state index contributed by atoms with van der Waals surface area (Å²) in [5, 5.41) is 1.07. The smallest absolute Gasteiger partial charge is 0.253 e. The number of aromatic amines is 1. The number of rotatable bonds is 4. The Hall–Kier alpha value is -2.64. The van der Waals surface area contributed by atoms with E-state index < -0.39 is 10.0 Å². The lowest BCUT2D eigenvalue weighted by molar-refractivity contribution is 0.0711. The highest BCUT2D eigenvalue weighted by molar-refractivity contribution is 7.89. The molecule has 0 unspecified atom stereocenters. The van der Waals surface area contributed by atoms with Gasteiger partial charge in [-0.25, -0.2) is 13.1 Å². The highest BCUT2D eigenvalue weighted by Gasteiger charge is 2.27. The number of benzene rings is 2. The van der Waals surface area contributed by atoms with E-state index in [1.165, 1.54) is 0 Å². The molecule has 0 aliphatic carbocycles. The number of nitrogens with one attached hydrogen (secondary N) is 2. The van der Waals surface area contributed by atoms with Gasteiger partial charge in [-0.15, -0.1) is 0 Å². The number of H-pyrrole nitrogens is 1. The van der Waals surface area contributed by atoms with Crippen LogP contribution in [0.5, 0.6) is 0 Å². The maximum atomic E-state index is 12.8. The van der Waals surface area contributed by atoms with Crippen molar-refractivity contribution in [2.75, 3.05) is 13.1 Å². The quantitative estimate of drug-likeness (QED) is 0.727. The fraction of sp³-hybridized carbons (Fsp3) is 0.250. The minimum atomic E-state index is -3.53. The van der Waals surface area contributed by atoms with E-state index in [4.69, 9.17) is 0 Å². The molecule has 7 heteroatoms. The first-order chi connectivity index (χ1) is 13.0. The number of piperidine rings is 1. The van der Waals surface area contributed by atoms with E-state index in [0.29, 0.717) is 31.5 Å². The molecule has 2 heterocycles. The third kappa shape index (κ3) is 3.74. The third-order valence-corrected chi connectivity index (χ3v) is 6.50. The molecule has 0 atom stereocenters. The maximum absolute atomic E-state index is 12.8. The Balaban J connectivity index is 1.39. The van der Waals surface area contributed by atoms with Crippen LogP contribution in [0.1, 0.15) is 23.2 Å². The molecule has 1 aliphatic rings. The number of hydrogen-bond acceptors (Lipinski definition) is 3. The summed E-state index contributed by atoms with van der Waals surface area (Å²) in [5.74, 6) is -0.0177. The predicted molar refractivity (Wildman–Crippen MR) is 104 cm³/mol. The van der Waals surface area contributed by atoms with Gasteiger partial charge in [0.05, 0.1) is 4.90 Å². The van der Waals surface area contributed by atoms with Gasteiger partial charge in [0.15, 0.2) is 0 Å². The molecule has 4 rings (SSSR count). The van der Waals surface area contributed by atoms with Crippen LogP contribution in [0, 0.1) is 0 Å². The number of carbonyl (C=O) groups is 1. The standard InChI is InChI=1S/C20H21N3O3S/c24-20(16-7-6-15-8-11-21-19(15)14-16)23-12-9-17(10-13-23)22-27(25,26)18-4-2-1-3-5-18/h1-8,11,14,17,21-22H,9-10,12-13H2. The van der Waals surface area contributed by atoms with Gasteiger partial charge in [0.1, 0.15) is 0 Å². The molecule has 6 nitrogen and oxygen atoms in total. The van der Waals surface area contributed by atoms with Gasteiger partial charge in [-0.2, -0.15) is 0 Å². The van der Waals surface area contributed by atoms with Crippen molar-refractivity contribution in [1.82, 2.24) is 14.6 Å². The van der Waals surface area contributed by atoms with Crippen molar-refractivity contribution in [3.05, 3.63) is 66.4 Å². The van der Waals surface area contributed by atoms with E-state index in [9.17, 15) is 13.2 Å². The molecule has 1 saturated heterocycles. The molecule has 1 amide bonds. The summed E-state index contributed by atoms with van der Waals surface area (Å²) in [7, 11) is -3.53. The Labute approximate surface area is 158 Å². The number of aromatic nitrogens is 1. The molecule has 2 N–H and O–H groups in total. The lowest BCUT2D eigenvalue weighted by atomic mass is 10.0. The second-order valence-electron chi connectivity index (χ2n) is 6.78. The lowest BCUT2D eigenvalue weighted by Crippen LogP contribution is -2.46. The Morgan fingerprint density at radius 2 is 1.78 bits per heavy atom. The van der Waals surface area contributed by atoms with Gasteiger partial charge < -0.3 is 9.88 Å². The summed E-state index contributed by atoms with van der Waals surface area (Å²) in [6.07, 6.45) is 3.05. The van der Waals surface area contributed by atoms with Crippen molar-refractivity contribution < 1.29 is 13.2 Å². The van der Waals surface area contributed by atoms with Gasteiger partial charge in [0.25, 0.3) is 5.91 Å². The summed E-state index contributed by atoms with van der Waals surface area (Å²) >= 11 is 0. The van der Waals surface area contributed by atoms with E-state index in [2.05, 4.69) is 9.71 Å². The van der Waals surface area contributed by atoms with E-state index in [1.807, 2.05) is 30.5 Å². The molecular formula is C20H21N3O3S. The van der Waals surface area contributed by atoms with Crippen LogP contribution in [0.2, 0.25) is 0 Å². The molecule has 0 radical (unpaired) electrons. The van der Waals surface area contributed by atoms with Crippen LogP contribution in [-0.4, -0.2) is 43.3 Å². The van der Waals surface area contributed by atoms with Crippen LogP contribution in [-0.2, 0) is 10.0 Å². The van der Waals surface area contributed by atoms with E-state index in [1.54, 1.807) is 35.2 Å².